The van der Waals surface area contributed by atoms with Gasteiger partial charge in [-0.15, -0.1) is 6.58 Å². The van der Waals surface area contributed by atoms with Gasteiger partial charge in [-0.05, 0) is 12.5 Å². The van der Waals surface area contributed by atoms with Crippen molar-refractivity contribution in [3.8, 4) is 0 Å². The molecule has 1 aliphatic rings. The minimum absolute atomic E-state index is 0.975. The largest absolute Gasteiger partial charge is 0.423 e. The van der Waals surface area contributed by atoms with Crippen molar-refractivity contribution in [3.05, 3.63) is 42.6 Å². The van der Waals surface area contributed by atoms with Crippen molar-refractivity contribution in [2.75, 3.05) is 6.61 Å². The van der Waals surface area contributed by atoms with Crippen molar-refractivity contribution < 1.29 is 4.43 Å². The van der Waals surface area contributed by atoms with Gasteiger partial charge in [-0.3, -0.25) is 0 Å². The van der Waals surface area contributed by atoms with Crippen LogP contribution in [-0.4, -0.2) is 22.8 Å². The van der Waals surface area contributed by atoms with E-state index < -0.39 is 16.1 Å². The SMILES string of the molecule is C=C[Si]1(c2ccccc2)CCCO[SiH]1C. The molecule has 1 aromatic carbocycles. The quantitative estimate of drug-likeness (QED) is 0.711. The molecule has 2 atom stereocenters. The summed E-state index contributed by atoms with van der Waals surface area (Å²) in [5.74, 6) is 0. The van der Waals surface area contributed by atoms with E-state index >= 15 is 0 Å². The van der Waals surface area contributed by atoms with Gasteiger partial charge in [-0.25, -0.2) is 0 Å². The van der Waals surface area contributed by atoms with Crippen LogP contribution >= 0.6 is 0 Å². The third-order valence-electron chi connectivity index (χ3n) is 3.50. The zero-order chi connectivity index (χ0) is 10.7. The van der Waals surface area contributed by atoms with Crippen LogP contribution in [0.3, 0.4) is 0 Å². The standard InChI is InChI=1S/C12H18OSi2/c1-3-15(11-7-10-13-14(15)2)12-8-5-4-6-9-12/h3-6,8-9,14H,1,7,10-11H2,2H3. The second-order valence-electron chi connectivity index (χ2n) is 4.23. The fourth-order valence-electron chi connectivity index (χ4n) is 2.49. The van der Waals surface area contributed by atoms with Crippen LogP contribution in [0.25, 0.3) is 0 Å². The maximum absolute atomic E-state index is 5.97. The minimum Gasteiger partial charge on any atom is -0.423 e. The van der Waals surface area contributed by atoms with Gasteiger partial charge in [0.05, 0.1) is 0 Å². The maximum atomic E-state index is 5.97. The molecule has 3 heteroatoms. The molecule has 1 nitrogen and oxygen atoms in total. The number of rotatable bonds is 2. The van der Waals surface area contributed by atoms with E-state index in [0.29, 0.717) is 0 Å². The molecule has 0 spiro atoms. The van der Waals surface area contributed by atoms with E-state index in [1.807, 2.05) is 0 Å². The number of benzene rings is 1. The summed E-state index contributed by atoms with van der Waals surface area (Å²) in [7, 11) is -2.51. The lowest BCUT2D eigenvalue weighted by Gasteiger charge is -2.37. The van der Waals surface area contributed by atoms with E-state index in [4.69, 9.17) is 4.43 Å². The summed E-state index contributed by atoms with van der Waals surface area (Å²) >= 11 is 0. The molecule has 2 unspecified atom stereocenters. The zero-order valence-corrected chi connectivity index (χ0v) is 11.4. The average Bonchev–Trinajstić information content (AvgIpc) is 2.31. The second kappa shape index (κ2) is 4.47. The normalized spacial score (nSPS) is 31.1. The van der Waals surface area contributed by atoms with Crippen LogP contribution in [0.15, 0.2) is 42.6 Å². The van der Waals surface area contributed by atoms with Gasteiger partial charge >= 0.3 is 0 Å². The van der Waals surface area contributed by atoms with Crippen molar-refractivity contribution in [1.82, 2.24) is 0 Å². The van der Waals surface area contributed by atoms with Gasteiger partial charge in [-0.2, -0.15) is 0 Å². The van der Waals surface area contributed by atoms with Crippen molar-refractivity contribution in [3.63, 3.8) is 0 Å². The lowest BCUT2D eigenvalue weighted by atomic mass is 10.4. The Bertz CT molecular complexity index is 339. The molecule has 0 N–H and O–H groups in total. The second-order valence-corrected chi connectivity index (χ2v) is 14.9. The van der Waals surface area contributed by atoms with E-state index in [9.17, 15) is 0 Å². The van der Waals surface area contributed by atoms with E-state index in [1.54, 1.807) is 0 Å². The van der Waals surface area contributed by atoms with Gasteiger partial charge in [0.2, 0.25) is 0 Å². The molecule has 2 rings (SSSR count). The van der Waals surface area contributed by atoms with Crippen LogP contribution in [-0.2, 0) is 4.43 Å². The van der Waals surface area contributed by atoms with Crippen LogP contribution in [0.1, 0.15) is 6.42 Å². The molecule has 1 aromatic rings. The van der Waals surface area contributed by atoms with Crippen molar-refractivity contribution >= 4 is 21.3 Å². The Morgan fingerprint density at radius 1 is 1.40 bits per heavy atom. The molecular weight excluding hydrogens is 216 g/mol. The molecule has 1 aliphatic heterocycles. The summed E-state index contributed by atoms with van der Waals surface area (Å²) in [5, 5.41) is 1.53. The van der Waals surface area contributed by atoms with E-state index in [1.165, 1.54) is 17.7 Å². The average molecular weight is 234 g/mol. The minimum atomic E-state index is -1.46. The molecule has 80 valence electrons. The molecular formula is C12H18OSi2. The predicted octanol–water partition coefficient (Wildman–Crippen LogP) is 1.92. The first-order valence-corrected chi connectivity index (χ1v) is 11.3. The Morgan fingerprint density at radius 3 is 2.73 bits per heavy atom. The highest BCUT2D eigenvalue weighted by molar-refractivity contribution is 7.38. The summed E-state index contributed by atoms with van der Waals surface area (Å²) in [4.78, 5) is 0. The fraction of sp³-hybridized carbons (Fsp3) is 0.333. The Kier molecular flexibility index (Phi) is 3.24. The fourth-order valence-corrected chi connectivity index (χ4v) is 12.8. The molecule has 1 fully saturated rings. The van der Waals surface area contributed by atoms with Crippen molar-refractivity contribution in [1.29, 1.82) is 0 Å². The van der Waals surface area contributed by atoms with E-state index in [0.717, 1.165) is 6.61 Å². The van der Waals surface area contributed by atoms with Crippen LogP contribution in [0, 0.1) is 0 Å². The molecule has 15 heavy (non-hydrogen) atoms. The highest BCUT2D eigenvalue weighted by atomic mass is 29.2. The summed E-state index contributed by atoms with van der Waals surface area (Å²) in [6.07, 6.45) is 1.21. The van der Waals surface area contributed by atoms with Crippen LogP contribution in [0.4, 0.5) is 0 Å². The molecule has 1 saturated heterocycles. The van der Waals surface area contributed by atoms with Crippen LogP contribution in [0.2, 0.25) is 12.6 Å². The van der Waals surface area contributed by atoms with Gasteiger partial charge in [-0.1, -0.05) is 47.8 Å². The van der Waals surface area contributed by atoms with Gasteiger partial charge in [0.1, 0.15) is 7.59 Å². The maximum Gasteiger partial charge on any atom is 0.172 e. The topological polar surface area (TPSA) is 9.23 Å². The third-order valence-corrected chi connectivity index (χ3v) is 16.4. The third kappa shape index (κ3) is 1.87. The Balaban J connectivity index is 2.40. The molecule has 0 amide bonds. The van der Waals surface area contributed by atoms with E-state index in [2.05, 4.69) is 49.2 Å². The summed E-state index contributed by atoms with van der Waals surface area (Å²) < 4.78 is 5.97. The Labute approximate surface area is 94.3 Å². The highest BCUT2D eigenvalue weighted by Crippen LogP contribution is 2.23. The summed E-state index contributed by atoms with van der Waals surface area (Å²) in [5.41, 5.74) is 2.26. The number of hydrogen-bond donors (Lipinski definition) is 0. The molecule has 1 heterocycles. The van der Waals surface area contributed by atoms with Gasteiger partial charge in [0.25, 0.3) is 0 Å². The summed E-state index contributed by atoms with van der Waals surface area (Å²) in [6.45, 7) is 7.42. The van der Waals surface area contributed by atoms with Gasteiger partial charge in [0, 0.05) is 6.61 Å². The Hall–Kier alpha value is -0.646. The van der Waals surface area contributed by atoms with Crippen LogP contribution < -0.4 is 5.19 Å². The molecule has 0 aliphatic carbocycles. The van der Waals surface area contributed by atoms with Crippen molar-refractivity contribution in [2.45, 2.75) is 19.0 Å². The van der Waals surface area contributed by atoms with Crippen molar-refractivity contribution in [2.24, 2.45) is 0 Å². The predicted molar refractivity (Wildman–Crippen MR) is 70.4 cm³/mol. The first-order valence-electron chi connectivity index (χ1n) is 5.60. The number of hydrogen-bond acceptors (Lipinski definition) is 1. The monoisotopic (exact) mass is 234 g/mol. The lowest BCUT2D eigenvalue weighted by molar-refractivity contribution is 0.322. The molecule has 0 radical (unpaired) electrons. The molecule has 0 saturated carbocycles. The van der Waals surface area contributed by atoms with Crippen LogP contribution in [0.5, 0.6) is 0 Å². The first-order chi connectivity index (χ1) is 7.29. The molecule has 0 bridgehead atoms. The lowest BCUT2D eigenvalue weighted by Crippen LogP contribution is -2.61. The Morgan fingerprint density at radius 2 is 2.13 bits per heavy atom. The van der Waals surface area contributed by atoms with Gasteiger partial charge < -0.3 is 4.43 Å². The van der Waals surface area contributed by atoms with E-state index in [-0.39, 0.29) is 0 Å². The highest BCUT2D eigenvalue weighted by Gasteiger charge is 2.41. The summed E-state index contributed by atoms with van der Waals surface area (Å²) in [6, 6.07) is 12.3. The smallest absolute Gasteiger partial charge is 0.172 e. The van der Waals surface area contributed by atoms with Gasteiger partial charge in [0.15, 0.2) is 8.56 Å². The molecule has 0 aromatic heterocycles. The zero-order valence-electron chi connectivity index (χ0n) is 9.28. The first kappa shape index (κ1) is 10.9.